The summed E-state index contributed by atoms with van der Waals surface area (Å²) in [5.74, 6) is 0. The van der Waals surface area contributed by atoms with Gasteiger partial charge in [-0.05, 0) is 47.0 Å². The lowest BCUT2D eigenvalue weighted by Gasteiger charge is -2.29. The Morgan fingerprint density at radius 1 is 1.47 bits per heavy atom. The summed E-state index contributed by atoms with van der Waals surface area (Å²) < 4.78 is 28.5. The average molecular weight is 264 g/mol. The number of aliphatic hydroxyl groups excluding tert-OH is 1. The maximum Gasteiger partial charge on any atom is 0.280 e. The third kappa shape index (κ3) is 4.54. The minimum atomic E-state index is -3.44. The van der Waals surface area contributed by atoms with Crippen molar-refractivity contribution in [1.82, 2.24) is 9.03 Å². The summed E-state index contributed by atoms with van der Waals surface area (Å²) in [5.41, 5.74) is -0.475. The van der Waals surface area contributed by atoms with Gasteiger partial charge in [-0.15, -0.1) is 0 Å². The molecule has 1 rings (SSSR count). The molecular weight excluding hydrogens is 240 g/mol. The van der Waals surface area contributed by atoms with Gasteiger partial charge in [-0.2, -0.15) is 17.4 Å². The van der Waals surface area contributed by atoms with Crippen LogP contribution in [0.5, 0.6) is 0 Å². The maximum absolute atomic E-state index is 12.2. The van der Waals surface area contributed by atoms with Gasteiger partial charge in [-0.3, -0.25) is 0 Å². The third-order valence-corrected chi connectivity index (χ3v) is 4.65. The van der Waals surface area contributed by atoms with E-state index in [0.29, 0.717) is 13.0 Å². The zero-order valence-electron chi connectivity index (χ0n) is 11.1. The Hall–Kier alpha value is -0.170. The van der Waals surface area contributed by atoms with Gasteiger partial charge in [0.25, 0.3) is 10.2 Å². The lowest BCUT2D eigenvalue weighted by Crippen LogP contribution is -2.50. The number of hydrogen-bond donors (Lipinski definition) is 2. The van der Waals surface area contributed by atoms with Crippen molar-refractivity contribution >= 4 is 10.2 Å². The molecule has 1 aliphatic heterocycles. The molecule has 0 amide bonds. The van der Waals surface area contributed by atoms with Gasteiger partial charge < -0.3 is 5.11 Å². The Morgan fingerprint density at radius 3 is 2.53 bits per heavy atom. The Labute approximate surface area is 104 Å². The van der Waals surface area contributed by atoms with E-state index in [9.17, 15) is 13.5 Å². The normalized spacial score (nSPS) is 25.1. The van der Waals surface area contributed by atoms with E-state index in [2.05, 4.69) is 4.72 Å². The molecule has 17 heavy (non-hydrogen) atoms. The molecule has 1 fully saturated rings. The molecular formula is C11H24N2O3S. The molecule has 0 aromatic carbocycles. The van der Waals surface area contributed by atoms with E-state index in [4.69, 9.17) is 0 Å². The van der Waals surface area contributed by atoms with Crippen LogP contribution in [-0.2, 0) is 10.2 Å². The molecule has 2 atom stereocenters. The summed E-state index contributed by atoms with van der Waals surface area (Å²) in [5, 5.41) is 9.39. The van der Waals surface area contributed by atoms with Crippen LogP contribution in [0, 0.1) is 0 Å². The molecule has 5 nitrogen and oxygen atoms in total. The Bertz CT molecular complexity index is 346. The summed E-state index contributed by atoms with van der Waals surface area (Å²) >= 11 is 0. The van der Waals surface area contributed by atoms with Crippen molar-refractivity contribution in [2.45, 2.75) is 64.6 Å². The first-order valence-electron chi connectivity index (χ1n) is 6.10. The lowest BCUT2D eigenvalue weighted by atomic mass is 10.1. The average Bonchev–Trinajstić information content (AvgIpc) is 2.46. The zero-order valence-corrected chi connectivity index (χ0v) is 11.9. The quantitative estimate of drug-likeness (QED) is 0.791. The minimum Gasteiger partial charge on any atom is -0.393 e. The summed E-state index contributed by atoms with van der Waals surface area (Å²) in [6.45, 7) is 7.71. The van der Waals surface area contributed by atoms with Gasteiger partial charge in [-0.1, -0.05) is 0 Å². The number of nitrogens with one attached hydrogen (secondary N) is 1. The van der Waals surface area contributed by atoms with Crippen LogP contribution in [0.1, 0.15) is 47.0 Å². The number of rotatable bonds is 4. The minimum absolute atomic E-state index is 0.0742. The fraction of sp³-hybridized carbons (Fsp3) is 1.00. The predicted octanol–water partition coefficient (Wildman–Crippen LogP) is 0.855. The largest absolute Gasteiger partial charge is 0.393 e. The predicted molar refractivity (Wildman–Crippen MR) is 67.8 cm³/mol. The second-order valence-corrected chi connectivity index (χ2v) is 7.47. The van der Waals surface area contributed by atoms with Gasteiger partial charge in [0.05, 0.1) is 6.10 Å². The van der Waals surface area contributed by atoms with Gasteiger partial charge in [0.2, 0.25) is 0 Å². The lowest BCUT2D eigenvalue weighted by molar-refractivity contribution is 0.157. The zero-order chi connectivity index (χ0) is 13.3. The molecule has 1 heterocycles. The highest BCUT2D eigenvalue weighted by Gasteiger charge is 2.36. The first-order valence-corrected chi connectivity index (χ1v) is 7.54. The molecule has 1 saturated heterocycles. The van der Waals surface area contributed by atoms with Crippen LogP contribution in [0.3, 0.4) is 0 Å². The summed E-state index contributed by atoms with van der Waals surface area (Å²) in [6.07, 6.45) is 1.73. The van der Waals surface area contributed by atoms with Gasteiger partial charge >= 0.3 is 0 Å². The van der Waals surface area contributed by atoms with Crippen molar-refractivity contribution in [2.24, 2.45) is 0 Å². The van der Waals surface area contributed by atoms with Crippen LogP contribution in [0.4, 0.5) is 0 Å². The molecule has 0 radical (unpaired) electrons. The van der Waals surface area contributed by atoms with Gasteiger partial charge in [0.15, 0.2) is 0 Å². The molecule has 2 unspecified atom stereocenters. The van der Waals surface area contributed by atoms with Crippen molar-refractivity contribution in [3.05, 3.63) is 0 Å². The smallest absolute Gasteiger partial charge is 0.280 e. The van der Waals surface area contributed by atoms with Crippen LogP contribution >= 0.6 is 0 Å². The first-order chi connectivity index (χ1) is 7.62. The molecule has 102 valence electrons. The van der Waals surface area contributed by atoms with E-state index in [-0.39, 0.29) is 6.04 Å². The maximum atomic E-state index is 12.2. The number of hydrogen-bond acceptors (Lipinski definition) is 3. The van der Waals surface area contributed by atoms with Crippen molar-refractivity contribution in [1.29, 1.82) is 0 Å². The summed E-state index contributed by atoms with van der Waals surface area (Å²) in [7, 11) is -3.44. The highest BCUT2D eigenvalue weighted by Crippen LogP contribution is 2.24. The Morgan fingerprint density at radius 2 is 2.06 bits per heavy atom. The Balaban J connectivity index is 2.76. The summed E-state index contributed by atoms with van der Waals surface area (Å²) in [4.78, 5) is 0. The van der Waals surface area contributed by atoms with E-state index in [1.807, 2.05) is 20.8 Å². The van der Waals surface area contributed by atoms with E-state index < -0.39 is 21.9 Å². The fourth-order valence-corrected chi connectivity index (χ4v) is 4.05. The highest BCUT2D eigenvalue weighted by molar-refractivity contribution is 7.87. The standard InChI is InChI=1S/C11H24N2O3S/c1-9(14)8-10-6-5-7-13(10)17(15,16)12-11(2,3)4/h9-10,12,14H,5-8H2,1-4H3. The topological polar surface area (TPSA) is 69.6 Å². The van der Waals surface area contributed by atoms with Crippen LogP contribution in [0.25, 0.3) is 0 Å². The molecule has 0 bridgehead atoms. The molecule has 0 aliphatic carbocycles. The highest BCUT2D eigenvalue weighted by atomic mass is 32.2. The fourth-order valence-electron chi connectivity index (χ4n) is 2.20. The first kappa shape index (κ1) is 14.9. The van der Waals surface area contributed by atoms with Gasteiger partial charge in [0, 0.05) is 18.1 Å². The monoisotopic (exact) mass is 264 g/mol. The second kappa shape index (κ2) is 5.22. The van der Waals surface area contributed by atoms with Crippen molar-refractivity contribution in [3.8, 4) is 0 Å². The van der Waals surface area contributed by atoms with E-state index in [1.54, 1.807) is 6.92 Å². The molecule has 1 aliphatic rings. The van der Waals surface area contributed by atoms with Gasteiger partial charge in [0.1, 0.15) is 0 Å². The SMILES string of the molecule is CC(O)CC1CCCN1S(=O)(=O)NC(C)(C)C. The Kier molecular flexibility index (Phi) is 4.57. The number of aliphatic hydroxyl groups is 1. The van der Waals surface area contributed by atoms with Crippen molar-refractivity contribution < 1.29 is 13.5 Å². The van der Waals surface area contributed by atoms with Gasteiger partial charge in [-0.25, -0.2) is 0 Å². The molecule has 2 N–H and O–H groups in total. The van der Waals surface area contributed by atoms with Crippen LogP contribution in [0.15, 0.2) is 0 Å². The van der Waals surface area contributed by atoms with Crippen molar-refractivity contribution in [2.75, 3.05) is 6.54 Å². The van der Waals surface area contributed by atoms with E-state index >= 15 is 0 Å². The third-order valence-electron chi connectivity index (χ3n) is 2.68. The molecule has 0 saturated carbocycles. The molecule has 0 aromatic heterocycles. The number of nitrogens with zero attached hydrogens (tertiary/aromatic N) is 1. The van der Waals surface area contributed by atoms with Crippen molar-refractivity contribution in [3.63, 3.8) is 0 Å². The van der Waals surface area contributed by atoms with Crippen LogP contribution in [0.2, 0.25) is 0 Å². The van der Waals surface area contributed by atoms with Crippen LogP contribution < -0.4 is 4.72 Å². The molecule has 0 spiro atoms. The molecule has 6 heteroatoms. The second-order valence-electron chi connectivity index (χ2n) is 5.85. The summed E-state index contributed by atoms with van der Waals surface area (Å²) in [6, 6.07) is -0.0742. The van der Waals surface area contributed by atoms with Crippen LogP contribution in [-0.4, -0.2) is 42.1 Å². The molecule has 0 aromatic rings. The van der Waals surface area contributed by atoms with E-state index in [1.165, 1.54) is 4.31 Å². The van der Waals surface area contributed by atoms with E-state index in [0.717, 1.165) is 12.8 Å².